The van der Waals surface area contributed by atoms with E-state index in [1.54, 1.807) is 18.9 Å². The summed E-state index contributed by atoms with van der Waals surface area (Å²) in [6, 6.07) is 25.3. The number of hydrogen-bond acceptors (Lipinski definition) is 5. The summed E-state index contributed by atoms with van der Waals surface area (Å²) in [4.78, 5) is 16.6. The summed E-state index contributed by atoms with van der Waals surface area (Å²) in [5.41, 5.74) is 5.15. The fraction of sp³-hybridized carbons (Fsp3) is 0.242. The van der Waals surface area contributed by atoms with Gasteiger partial charge in [-0.15, -0.1) is 11.8 Å². The van der Waals surface area contributed by atoms with Crippen LogP contribution in [0, 0.1) is 11.6 Å². The third kappa shape index (κ3) is 6.09. The van der Waals surface area contributed by atoms with Crippen LogP contribution in [0.25, 0.3) is 0 Å². The van der Waals surface area contributed by atoms with Crippen molar-refractivity contribution in [2.24, 2.45) is 0 Å². The minimum atomic E-state index is -0.604. The van der Waals surface area contributed by atoms with E-state index >= 15 is 0 Å². The number of likely N-dealkylation sites (tertiary alicyclic amines) is 1. The molecule has 1 amide bonds. The number of thioether (sulfide) groups is 1. The van der Waals surface area contributed by atoms with Crippen LogP contribution < -0.4 is 15.4 Å². The molecule has 6 rings (SSSR count). The van der Waals surface area contributed by atoms with E-state index in [1.165, 1.54) is 29.3 Å². The van der Waals surface area contributed by atoms with E-state index in [9.17, 15) is 13.6 Å². The van der Waals surface area contributed by atoms with Crippen molar-refractivity contribution in [3.8, 4) is 5.75 Å². The Morgan fingerprint density at radius 2 is 1.68 bits per heavy atom. The molecule has 1 fully saturated rings. The van der Waals surface area contributed by atoms with Gasteiger partial charge in [0.2, 0.25) is 5.91 Å². The van der Waals surface area contributed by atoms with Crippen LogP contribution >= 0.6 is 11.8 Å². The standard InChI is InChI=1S/C33H31F2N3O2S/c1-40-24-13-15-25(16-14-24)41-26-18-32(38(19-26)20-27-28(34)6-4-7-29(27)35)33(39)36-23-12-11-22-10-9-21-5-2-3-8-30(21)37-31(22)17-23/h2-8,11-17,26,32,37H,9-10,18-20H2,1H3,(H,36,39)/t26-,32-/m0/s1. The fourth-order valence-electron chi connectivity index (χ4n) is 5.62. The van der Waals surface area contributed by atoms with Crippen LogP contribution in [0.5, 0.6) is 5.75 Å². The summed E-state index contributed by atoms with van der Waals surface area (Å²) in [6.07, 6.45) is 2.40. The predicted molar refractivity (Wildman–Crippen MR) is 160 cm³/mol. The highest BCUT2D eigenvalue weighted by atomic mass is 32.2. The van der Waals surface area contributed by atoms with Crippen LogP contribution in [0.3, 0.4) is 0 Å². The zero-order valence-corrected chi connectivity index (χ0v) is 23.5. The lowest BCUT2D eigenvalue weighted by molar-refractivity contribution is -0.120. The number of ether oxygens (including phenoxy) is 1. The number of hydrogen-bond donors (Lipinski definition) is 2. The van der Waals surface area contributed by atoms with Crippen LogP contribution in [0.15, 0.2) is 89.8 Å². The molecule has 8 heteroatoms. The Kier molecular flexibility index (Phi) is 7.94. The highest BCUT2D eigenvalue weighted by Crippen LogP contribution is 2.36. The maximum atomic E-state index is 14.6. The number of benzene rings is 4. The van der Waals surface area contributed by atoms with Crippen molar-refractivity contribution in [3.63, 3.8) is 0 Å². The van der Waals surface area contributed by atoms with E-state index in [0.717, 1.165) is 34.9 Å². The van der Waals surface area contributed by atoms with Crippen molar-refractivity contribution in [1.29, 1.82) is 0 Å². The van der Waals surface area contributed by atoms with Crippen molar-refractivity contribution < 1.29 is 18.3 Å². The monoisotopic (exact) mass is 571 g/mol. The van der Waals surface area contributed by atoms with Gasteiger partial charge in [-0.05, 0) is 85.0 Å². The number of amides is 1. The Morgan fingerprint density at radius 3 is 2.44 bits per heavy atom. The highest BCUT2D eigenvalue weighted by molar-refractivity contribution is 8.00. The Bertz CT molecular complexity index is 1540. The minimum Gasteiger partial charge on any atom is -0.497 e. The number of aryl methyl sites for hydroxylation is 2. The molecule has 0 bridgehead atoms. The lowest BCUT2D eigenvalue weighted by atomic mass is 10.0. The molecule has 210 valence electrons. The Balaban J connectivity index is 1.22. The van der Waals surface area contributed by atoms with Crippen LogP contribution in [0.2, 0.25) is 0 Å². The maximum absolute atomic E-state index is 14.6. The van der Waals surface area contributed by atoms with Crippen molar-refractivity contribution >= 4 is 34.7 Å². The van der Waals surface area contributed by atoms with Gasteiger partial charge in [-0.25, -0.2) is 8.78 Å². The molecule has 0 saturated carbocycles. The van der Waals surface area contributed by atoms with E-state index in [2.05, 4.69) is 22.8 Å². The molecule has 0 unspecified atom stereocenters. The molecule has 2 aliphatic rings. The molecule has 5 nitrogen and oxygen atoms in total. The van der Waals surface area contributed by atoms with Crippen molar-refractivity contribution in [2.45, 2.75) is 42.0 Å². The number of nitrogens with zero attached hydrogens (tertiary/aromatic N) is 1. The maximum Gasteiger partial charge on any atom is 0.241 e. The molecule has 4 aromatic rings. The van der Waals surface area contributed by atoms with Gasteiger partial charge in [-0.3, -0.25) is 9.69 Å². The van der Waals surface area contributed by atoms with Crippen LogP contribution in [0.1, 0.15) is 23.1 Å². The molecule has 0 radical (unpaired) electrons. The van der Waals surface area contributed by atoms with Gasteiger partial charge >= 0.3 is 0 Å². The minimum absolute atomic E-state index is 0.0127. The normalized spacial score (nSPS) is 18.1. The first kappa shape index (κ1) is 27.3. The molecule has 0 aromatic heterocycles. The molecule has 4 aromatic carbocycles. The summed E-state index contributed by atoms with van der Waals surface area (Å²) >= 11 is 1.66. The summed E-state index contributed by atoms with van der Waals surface area (Å²) in [6.45, 7) is 0.532. The molecular formula is C33H31F2N3O2S. The summed E-state index contributed by atoms with van der Waals surface area (Å²) in [7, 11) is 1.63. The molecule has 0 spiro atoms. The SMILES string of the molecule is COc1ccc(S[C@H]2C[C@@H](C(=O)Nc3ccc4c(c3)Nc3ccccc3CC4)N(Cc3c(F)cccc3F)C2)cc1. The molecule has 1 saturated heterocycles. The first-order chi connectivity index (χ1) is 20.0. The first-order valence-corrected chi connectivity index (χ1v) is 14.6. The Hall–Kier alpha value is -3.88. The predicted octanol–water partition coefficient (Wildman–Crippen LogP) is 7.19. The second-order valence-electron chi connectivity index (χ2n) is 10.4. The molecule has 2 atom stereocenters. The van der Waals surface area contributed by atoms with Crippen molar-refractivity contribution in [3.05, 3.63) is 113 Å². The van der Waals surface area contributed by atoms with E-state index in [-0.39, 0.29) is 23.3 Å². The van der Waals surface area contributed by atoms with E-state index in [1.807, 2.05) is 59.5 Å². The number of carbonyl (C=O) groups is 1. The fourth-order valence-corrected chi connectivity index (χ4v) is 6.84. The van der Waals surface area contributed by atoms with Gasteiger partial charge in [-0.1, -0.05) is 30.3 Å². The van der Waals surface area contributed by atoms with Gasteiger partial charge in [0, 0.05) is 45.9 Å². The van der Waals surface area contributed by atoms with Crippen LogP contribution in [-0.4, -0.2) is 35.8 Å². The summed E-state index contributed by atoms with van der Waals surface area (Å²) in [5.74, 6) is -0.623. The van der Waals surface area contributed by atoms with Crippen molar-refractivity contribution in [1.82, 2.24) is 4.90 Å². The molecule has 41 heavy (non-hydrogen) atoms. The molecule has 2 N–H and O–H groups in total. The zero-order chi connectivity index (χ0) is 28.3. The highest BCUT2D eigenvalue weighted by Gasteiger charge is 2.38. The molecular weight excluding hydrogens is 540 g/mol. The third-order valence-corrected chi connectivity index (χ3v) is 9.00. The Labute approximate surface area is 242 Å². The largest absolute Gasteiger partial charge is 0.497 e. The van der Waals surface area contributed by atoms with Gasteiger partial charge in [0.25, 0.3) is 0 Å². The average Bonchev–Trinajstić information content (AvgIpc) is 3.28. The van der Waals surface area contributed by atoms with E-state index < -0.39 is 17.7 Å². The number of para-hydroxylation sites is 1. The van der Waals surface area contributed by atoms with E-state index in [0.29, 0.717) is 18.7 Å². The smallest absolute Gasteiger partial charge is 0.241 e. The van der Waals surface area contributed by atoms with Gasteiger partial charge < -0.3 is 15.4 Å². The number of fused-ring (bicyclic) bond motifs is 2. The number of halogens is 2. The Morgan fingerprint density at radius 1 is 0.951 bits per heavy atom. The average molecular weight is 572 g/mol. The lowest BCUT2D eigenvalue weighted by Crippen LogP contribution is -2.39. The lowest BCUT2D eigenvalue weighted by Gasteiger charge is -2.24. The number of anilines is 3. The number of carbonyl (C=O) groups excluding carboxylic acids is 1. The molecule has 2 heterocycles. The molecule has 0 aliphatic carbocycles. The van der Waals surface area contributed by atoms with Gasteiger partial charge in [0.05, 0.1) is 13.2 Å². The van der Waals surface area contributed by atoms with E-state index in [4.69, 9.17) is 4.74 Å². The third-order valence-electron chi connectivity index (χ3n) is 7.78. The van der Waals surface area contributed by atoms with Crippen molar-refractivity contribution in [2.75, 3.05) is 24.3 Å². The second kappa shape index (κ2) is 11.9. The van der Waals surface area contributed by atoms with Gasteiger partial charge in [0.15, 0.2) is 0 Å². The second-order valence-corrected chi connectivity index (χ2v) is 11.8. The summed E-state index contributed by atoms with van der Waals surface area (Å²) in [5, 5.41) is 6.68. The topological polar surface area (TPSA) is 53.6 Å². The molecule has 2 aliphatic heterocycles. The number of nitrogens with one attached hydrogen (secondary N) is 2. The van der Waals surface area contributed by atoms with Crippen LogP contribution in [-0.2, 0) is 24.2 Å². The quantitative estimate of drug-likeness (QED) is 0.246. The number of rotatable bonds is 7. The number of methoxy groups -OCH3 is 1. The zero-order valence-electron chi connectivity index (χ0n) is 22.7. The first-order valence-electron chi connectivity index (χ1n) is 13.7. The van der Waals surface area contributed by atoms with Gasteiger partial charge in [0.1, 0.15) is 17.4 Å². The summed E-state index contributed by atoms with van der Waals surface area (Å²) < 4.78 is 34.5. The van der Waals surface area contributed by atoms with Crippen LogP contribution in [0.4, 0.5) is 25.8 Å². The van der Waals surface area contributed by atoms with Gasteiger partial charge in [-0.2, -0.15) is 0 Å².